The molecule has 8 nitrogen and oxygen atoms in total. The molecule has 0 saturated carbocycles. The van der Waals surface area contributed by atoms with E-state index in [1.54, 1.807) is 41.6 Å². The van der Waals surface area contributed by atoms with Crippen molar-refractivity contribution in [1.82, 2.24) is 14.9 Å². The number of fused-ring (bicyclic) bond motifs is 4. The predicted molar refractivity (Wildman–Crippen MR) is 117 cm³/mol. The van der Waals surface area contributed by atoms with Crippen LogP contribution >= 0.6 is 0 Å². The maximum Gasteiger partial charge on any atom is 0.314 e. The highest BCUT2D eigenvalue weighted by atomic mass is 19.1. The highest BCUT2D eigenvalue weighted by Gasteiger charge is 2.46. The summed E-state index contributed by atoms with van der Waals surface area (Å²) in [4.78, 5) is 19.0. The summed E-state index contributed by atoms with van der Waals surface area (Å²) in [5.74, 6) is 0.317. The number of nitrogens with zero attached hydrogens (tertiary/aromatic N) is 5. The minimum Gasteiger partial charge on any atom is -0.506 e. The van der Waals surface area contributed by atoms with Crippen LogP contribution in [0.3, 0.4) is 0 Å². The van der Waals surface area contributed by atoms with Crippen LogP contribution in [-0.4, -0.2) is 53.0 Å². The normalized spacial score (nSPS) is 19.0. The molecule has 0 amide bonds. The van der Waals surface area contributed by atoms with Crippen LogP contribution < -0.4 is 4.74 Å². The van der Waals surface area contributed by atoms with E-state index in [2.05, 4.69) is 15.0 Å². The number of hydrogen-bond acceptors (Lipinski definition) is 7. The fourth-order valence-corrected chi connectivity index (χ4v) is 3.94. The molecular formula is C23H20FN5O3. The van der Waals surface area contributed by atoms with Gasteiger partial charge in [-0.15, -0.1) is 0 Å². The van der Waals surface area contributed by atoms with Gasteiger partial charge in [-0.25, -0.2) is 15.0 Å². The van der Waals surface area contributed by atoms with Gasteiger partial charge in [-0.2, -0.15) is 9.38 Å². The quantitative estimate of drug-likeness (QED) is 0.376. The third kappa shape index (κ3) is 3.31. The molecule has 32 heavy (non-hydrogen) atoms. The molecule has 1 spiro atoms. The summed E-state index contributed by atoms with van der Waals surface area (Å²) >= 11 is 0. The van der Waals surface area contributed by atoms with E-state index in [9.17, 15) is 9.50 Å². The highest BCUT2D eigenvalue weighted by Crippen LogP contribution is 2.52. The second kappa shape index (κ2) is 7.60. The van der Waals surface area contributed by atoms with Crippen molar-refractivity contribution < 1.29 is 19.0 Å². The van der Waals surface area contributed by atoms with Gasteiger partial charge in [0.2, 0.25) is 11.8 Å². The molecule has 3 aromatic rings. The van der Waals surface area contributed by atoms with Gasteiger partial charge in [-0.1, -0.05) is 6.07 Å². The van der Waals surface area contributed by atoms with Crippen LogP contribution in [0.5, 0.6) is 17.4 Å². The Kier molecular flexibility index (Phi) is 4.73. The topological polar surface area (TPSA) is 92.4 Å². The second-order valence-electron chi connectivity index (χ2n) is 7.76. The SMILES string of the molecule is CN(C)C=NC1=N[C@]2(CCO1)c1cc(-c3cccnc3F)ccc1Oc1ncc(O)cc12. The fraction of sp³-hybridized carbons (Fsp3) is 0.217. The Labute approximate surface area is 183 Å². The van der Waals surface area contributed by atoms with E-state index in [1.165, 1.54) is 12.4 Å². The van der Waals surface area contributed by atoms with Crippen molar-refractivity contribution in [2.75, 3.05) is 20.7 Å². The molecule has 0 fully saturated rings. The highest BCUT2D eigenvalue weighted by molar-refractivity contribution is 5.84. The van der Waals surface area contributed by atoms with Crippen molar-refractivity contribution in [3.05, 3.63) is 65.9 Å². The molecule has 162 valence electrons. The minimum atomic E-state index is -0.972. The molecule has 1 N–H and O–H groups in total. The molecule has 2 aliphatic heterocycles. The van der Waals surface area contributed by atoms with Crippen LogP contribution in [0.25, 0.3) is 11.1 Å². The van der Waals surface area contributed by atoms with Crippen molar-refractivity contribution in [2.24, 2.45) is 9.98 Å². The third-order valence-electron chi connectivity index (χ3n) is 5.36. The number of aromatic hydroxyl groups is 1. The molecule has 2 aliphatic rings. The lowest BCUT2D eigenvalue weighted by atomic mass is 9.78. The Morgan fingerprint density at radius 3 is 2.88 bits per heavy atom. The average Bonchev–Trinajstić information content (AvgIpc) is 2.79. The molecule has 0 bridgehead atoms. The van der Waals surface area contributed by atoms with Gasteiger partial charge < -0.3 is 19.5 Å². The Hall–Kier alpha value is -4.01. The van der Waals surface area contributed by atoms with E-state index in [4.69, 9.17) is 14.5 Å². The molecule has 4 heterocycles. The number of rotatable bonds is 2. The molecule has 0 unspecified atom stereocenters. The van der Waals surface area contributed by atoms with Crippen molar-refractivity contribution in [3.8, 4) is 28.5 Å². The zero-order valence-electron chi connectivity index (χ0n) is 17.5. The monoisotopic (exact) mass is 433 g/mol. The fourth-order valence-electron chi connectivity index (χ4n) is 3.94. The minimum absolute atomic E-state index is 0.00957. The lowest BCUT2D eigenvalue weighted by molar-refractivity contribution is 0.218. The number of amidine groups is 1. The summed E-state index contributed by atoms with van der Waals surface area (Å²) in [6, 6.07) is 10.5. The summed E-state index contributed by atoms with van der Waals surface area (Å²) in [6.45, 7) is 0.337. The lowest BCUT2D eigenvalue weighted by Gasteiger charge is -2.38. The number of halogens is 1. The molecule has 0 saturated heterocycles. The molecule has 1 aromatic carbocycles. The summed E-state index contributed by atoms with van der Waals surface area (Å²) < 4.78 is 26.1. The van der Waals surface area contributed by atoms with Gasteiger partial charge in [0.1, 0.15) is 17.0 Å². The first-order chi connectivity index (χ1) is 15.5. The molecule has 5 rings (SSSR count). The number of aliphatic imine (C=N–C) groups is 2. The smallest absolute Gasteiger partial charge is 0.314 e. The van der Waals surface area contributed by atoms with Crippen LogP contribution in [0.4, 0.5) is 4.39 Å². The summed E-state index contributed by atoms with van der Waals surface area (Å²) in [5.41, 5.74) is 1.33. The van der Waals surface area contributed by atoms with Gasteiger partial charge in [-0.3, -0.25) is 0 Å². The first-order valence-corrected chi connectivity index (χ1v) is 10.0. The largest absolute Gasteiger partial charge is 0.506 e. The summed E-state index contributed by atoms with van der Waals surface area (Å²) in [5, 5.41) is 10.2. The number of benzene rings is 1. The van der Waals surface area contributed by atoms with Gasteiger partial charge in [-0.05, 0) is 35.9 Å². The summed E-state index contributed by atoms with van der Waals surface area (Å²) in [7, 11) is 3.69. The predicted octanol–water partition coefficient (Wildman–Crippen LogP) is 3.70. The van der Waals surface area contributed by atoms with Crippen LogP contribution in [-0.2, 0) is 10.3 Å². The zero-order chi connectivity index (χ0) is 22.3. The molecule has 0 radical (unpaired) electrons. The van der Waals surface area contributed by atoms with Gasteiger partial charge >= 0.3 is 6.02 Å². The maximum absolute atomic E-state index is 14.4. The molecule has 9 heteroatoms. The lowest BCUT2D eigenvalue weighted by Crippen LogP contribution is -2.36. The van der Waals surface area contributed by atoms with Crippen molar-refractivity contribution >= 4 is 12.4 Å². The second-order valence-corrected chi connectivity index (χ2v) is 7.76. The van der Waals surface area contributed by atoms with Crippen LogP contribution in [0, 0.1) is 5.95 Å². The zero-order valence-corrected chi connectivity index (χ0v) is 17.5. The van der Waals surface area contributed by atoms with Crippen LogP contribution in [0.2, 0.25) is 0 Å². The van der Waals surface area contributed by atoms with Gasteiger partial charge in [0.05, 0.1) is 24.7 Å². The maximum atomic E-state index is 14.4. The Morgan fingerprint density at radius 2 is 2.06 bits per heavy atom. The van der Waals surface area contributed by atoms with E-state index in [0.29, 0.717) is 46.9 Å². The van der Waals surface area contributed by atoms with Gasteiger partial charge in [0, 0.05) is 37.8 Å². The first-order valence-electron chi connectivity index (χ1n) is 10.0. The number of aromatic nitrogens is 2. The van der Waals surface area contributed by atoms with Gasteiger partial charge in [0.15, 0.2) is 0 Å². The first kappa shape index (κ1) is 19.9. The molecule has 1 atom stereocenters. The van der Waals surface area contributed by atoms with Crippen LogP contribution in [0.1, 0.15) is 17.5 Å². The summed E-state index contributed by atoms with van der Waals surface area (Å²) in [6.07, 6.45) is 4.79. The van der Waals surface area contributed by atoms with Gasteiger partial charge in [0.25, 0.3) is 0 Å². The average molecular weight is 433 g/mol. The van der Waals surface area contributed by atoms with E-state index in [-0.39, 0.29) is 11.8 Å². The van der Waals surface area contributed by atoms with E-state index < -0.39 is 11.5 Å². The van der Waals surface area contributed by atoms with Crippen molar-refractivity contribution in [1.29, 1.82) is 0 Å². The van der Waals surface area contributed by atoms with Crippen molar-refractivity contribution in [2.45, 2.75) is 12.0 Å². The van der Waals surface area contributed by atoms with E-state index in [0.717, 1.165) is 0 Å². The Balaban J connectivity index is 1.74. The number of pyridine rings is 2. The van der Waals surface area contributed by atoms with E-state index in [1.807, 2.05) is 20.2 Å². The molecule has 0 aliphatic carbocycles. The van der Waals surface area contributed by atoms with Crippen LogP contribution in [0.15, 0.2) is 58.8 Å². The van der Waals surface area contributed by atoms with E-state index >= 15 is 0 Å². The number of hydrogen-bond donors (Lipinski definition) is 1. The van der Waals surface area contributed by atoms with Crippen molar-refractivity contribution in [3.63, 3.8) is 0 Å². The third-order valence-corrected chi connectivity index (χ3v) is 5.36. The Morgan fingerprint density at radius 1 is 1.19 bits per heavy atom. The Bertz CT molecular complexity index is 1260. The molecule has 2 aromatic heterocycles. The standard InChI is InChI=1S/C23H20FN5O3/c1-29(2)13-27-22-28-23(7-9-31-22)17-10-14(16-4-3-8-25-20(16)24)5-6-19(17)32-21-18(23)11-15(30)12-26-21/h3-6,8,10-13,30H,7,9H2,1-2H3/t23-/m1/s1. The number of ether oxygens (including phenoxy) is 2. The molecular weight excluding hydrogens is 413 g/mol.